The number of aromatic amines is 1. The SMILES string of the molecule is CCC(NS(=O)(=O)c1cc(Cl)cc(N)c1C)c1ncc[nH]1. The van der Waals surface area contributed by atoms with Gasteiger partial charge in [-0.15, -0.1) is 0 Å². The van der Waals surface area contributed by atoms with Crippen molar-refractivity contribution in [3.63, 3.8) is 0 Å². The van der Waals surface area contributed by atoms with Gasteiger partial charge in [-0.05, 0) is 31.0 Å². The van der Waals surface area contributed by atoms with Gasteiger partial charge in [0, 0.05) is 23.1 Å². The van der Waals surface area contributed by atoms with Crippen LogP contribution in [0.1, 0.15) is 30.8 Å². The third-order valence-corrected chi connectivity index (χ3v) is 5.03. The van der Waals surface area contributed by atoms with Gasteiger partial charge in [-0.2, -0.15) is 0 Å². The molecular weight excluding hydrogens is 312 g/mol. The average molecular weight is 329 g/mol. The van der Waals surface area contributed by atoms with E-state index in [2.05, 4.69) is 14.7 Å². The lowest BCUT2D eigenvalue weighted by Crippen LogP contribution is -2.29. The Morgan fingerprint density at radius 2 is 2.19 bits per heavy atom. The number of aromatic nitrogens is 2. The molecule has 0 saturated carbocycles. The van der Waals surface area contributed by atoms with E-state index in [1.54, 1.807) is 19.3 Å². The maximum Gasteiger partial charge on any atom is 0.241 e. The van der Waals surface area contributed by atoms with E-state index in [9.17, 15) is 8.42 Å². The lowest BCUT2D eigenvalue weighted by molar-refractivity contribution is 0.539. The Hall–Kier alpha value is -1.57. The second kappa shape index (κ2) is 6.05. The second-order valence-corrected chi connectivity index (χ2v) is 6.79. The van der Waals surface area contributed by atoms with Crippen molar-refractivity contribution in [2.45, 2.75) is 31.2 Å². The maximum absolute atomic E-state index is 12.6. The molecule has 1 aromatic carbocycles. The minimum absolute atomic E-state index is 0.0810. The Morgan fingerprint density at radius 1 is 1.48 bits per heavy atom. The molecule has 1 aromatic heterocycles. The number of H-pyrrole nitrogens is 1. The number of hydrogen-bond acceptors (Lipinski definition) is 4. The summed E-state index contributed by atoms with van der Waals surface area (Å²) < 4.78 is 27.7. The summed E-state index contributed by atoms with van der Waals surface area (Å²) >= 11 is 5.91. The van der Waals surface area contributed by atoms with Crippen LogP contribution < -0.4 is 10.5 Å². The maximum atomic E-state index is 12.6. The number of rotatable bonds is 5. The zero-order valence-corrected chi connectivity index (χ0v) is 13.3. The zero-order chi connectivity index (χ0) is 15.6. The molecule has 4 N–H and O–H groups in total. The molecule has 6 nitrogen and oxygen atoms in total. The van der Waals surface area contributed by atoms with E-state index in [1.165, 1.54) is 12.1 Å². The summed E-state index contributed by atoms with van der Waals surface area (Å²) in [5.41, 5.74) is 6.60. The molecule has 2 rings (SSSR count). The van der Waals surface area contributed by atoms with Gasteiger partial charge >= 0.3 is 0 Å². The van der Waals surface area contributed by atoms with E-state index in [4.69, 9.17) is 17.3 Å². The molecule has 0 bridgehead atoms. The molecule has 1 heterocycles. The number of hydrogen-bond donors (Lipinski definition) is 3. The highest BCUT2D eigenvalue weighted by Crippen LogP contribution is 2.27. The molecule has 0 spiro atoms. The van der Waals surface area contributed by atoms with Gasteiger partial charge in [-0.25, -0.2) is 18.1 Å². The molecule has 2 aromatic rings. The summed E-state index contributed by atoms with van der Waals surface area (Å²) in [5, 5.41) is 0.282. The van der Waals surface area contributed by atoms with Crippen LogP contribution in [0, 0.1) is 6.92 Å². The molecule has 0 saturated heterocycles. The fourth-order valence-electron chi connectivity index (χ4n) is 2.00. The number of imidazole rings is 1. The van der Waals surface area contributed by atoms with Crippen molar-refractivity contribution < 1.29 is 8.42 Å². The zero-order valence-electron chi connectivity index (χ0n) is 11.7. The largest absolute Gasteiger partial charge is 0.398 e. The van der Waals surface area contributed by atoms with Crippen LogP contribution >= 0.6 is 11.6 Å². The van der Waals surface area contributed by atoms with Crippen molar-refractivity contribution in [1.29, 1.82) is 0 Å². The van der Waals surface area contributed by atoms with Crippen LogP contribution in [0.2, 0.25) is 5.02 Å². The fraction of sp³-hybridized carbons (Fsp3) is 0.308. The summed E-state index contributed by atoms with van der Waals surface area (Å²) in [6.45, 7) is 3.52. The van der Waals surface area contributed by atoms with Crippen LogP contribution in [0.15, 0.2) is 29.4 Å². The van der Waals surface area contributed by atoms with Crippen molar-refractivity contribution in [3.8, 4) is 0 Å². The summed E-state index contributed by atoms with van der Waals surface area (Å²) in [7, 11) is -3.75. The molecule has 0 aliphatic carbocycles. The van der Waals surface area contributed by atoms with Crippen LogP contribution in [0.5, 0.6) is 0 Å². The van der Waals surface area contributed by atoms with Crippen LogP contribution in [0.4, 0.5) is 5.69 Å². The van der Waals surface area contributed by atoms with Crippen LogP contribution in [-0.4, -0.2) is 18.4 Å². The molecular formula is C13H17ClN4O2S. The standard InChI is InChI=1S/C13H17ClN4O2S/c1-3-11(13-16-4-5-17-13)18-21(19,20)12-7-9(14)6-10(15)8(12)2/h4-7,11,18H,3,15H2,1-2H3,(H,16,17). The molecule has 0 aliphatic rings. The molecule has 0 aliphatic heterocycles. The summed E-state index contributed by atoms with van der Waals surface area (Å²) in [5.74, 6) is 0.564. The molecule has 114 valence electrons. The highest BCUT2D eigenvalue weighted by molar-refractivity contribution is 7.89. The number of benzene rings is 1. The third kappa shape index (κ3) is 3.37. The fourth-order valence-corrected chi connectivity index (χ4v) is 3.88. The van der Waals surface area contributed by atoms with Crippen molar-refractivity contribution >= 4 is 27.3 Å². The van der Waals surface area contributed by atoms with Crippen molar-refractivity contribution in [3.05, 3.63) is 40.9 Å². The Kier molecular flexibility index (Phi) is 4.55. The molecule has 0 radical (unpaired) electrons. The van der Waals surface area contributed by atoms with Crippen LogP contribution in [0.25, 0.3) is 0 Å². The Morgan fingerprint density at radius 3 is 2.76 bits per heavy atom. The monoisotopic (exact) mass is 328 g/mol. The summed E-state index contributed by atoms with van der Waals surface area (Å²) in [4.78, 5) is 7.08. The highest BCUT2D eigenvalue weighted by atomic mass is 35.5. The van der Waals surface area contributed by atoms with Gasteiger partial charge in [-0.1, -0.05) is 18.5 Å². The molecule has 1 unspecified atom stereocenters. The predicted molar refractivity (Wildman–Crippen MR) is 82.5 cm³/mol. The first-order valence-electron chi connectivity index (χ1n) is 6.42. The van der Waals surface area contributed by atoms with Gasteiger partial charge in [0.15, 0.2) is 0 Å². The lowest BCUT2D eigenvalue weighted by atomic mass is 10.2. The Bertz CT molecular complexity index is 729. The third-order valence-electron chi connectivity index (χ3n) is 3.21. The van der Waals surface area contributed by atoms with Gasteiger partial charge in [-0.3, -0.25) is 0 Å². The van der Waals surface area contributed by atoms with Gasteiger partial charge in [0.1, 0.15) is 5.82 Å². The predicted octanol–water partition coefficient (Wildman–Crippen LogP) is 2.38. The number of anilines is 1. The Labute approximate surface area is 128 Å². The summed E-state index contributed by atoms with van der Waals surface area (Å²) in [6.07, 6.45) is 3.78. The molecule has 0 fully saturated rings. The number of nitrogens with one attached hydrogen (secondary N) is 2. The molecule has 0 amide bonds. The molecule has 8 heteroatoms. The van der Waals surface area contributed by atoms with Gasteiger partial charge in [0.25, 0.3) is 0 Å². The van der Waals surface area contributed by atoms with E-state index < -0.39 is 16.1 Å². The first-order chi connectivity index (χ1) is 9.85. The Balaban J connectivity index is 2.39. The number of sulfonamides is 1. The van der Waals surface area contributed by atoms with E-state index >= 15 is 0 Å². The van der Waals surface area contributed by atoms with Crippen LogP contribution in [-0.2, 0) is 10.0 Å². The van der Waals surface area contributed by atoms with Gasteiger partial charge in [0.05, 0.1) is 10.9 Å². The van der Waals surface area contributed by atoms with E-state index in [0.717, 1.165) is 0 Å². The normalized spacial score (nSPS) is 13.3. The van der Waals surface area contributed by atoms with Gasteiger partial charge in [0.2, 0.25) is 10.0 Å². The smallest absolute Gasteiger partial charge is 0.241 e. The van der Waals surface area contributed by atoms with E-state index in [0.29, 0.717) is 23.5 Å². The lowest BCUT2D eigenvalue weighted by Gasteiger charge is -2.17. The first kappa shape index (κ1) is 15.8. The van der Waals surface area contributed by atoms with Crippen molar-refractivity contribution in [2.75, 3.05) is 5.73 Å². The van der Waals surface area contributed by atoms with E-state index in [1.807, 2.05) is 6.92 Å². The minimum atomic E-state index is -3.75. The quantitative estimate of drug-likeness (QED) is 0.733. The minimum Gasteiger partial charge on any atom is -0.398 e. The number of nitrogens with zero attached hydrogens (tertiary/aromatic N) is 1. The van der Waals surface area contributed by atoms with Crippen molar-refractivity contribution in [2.24, 2.45) is 0 Å². The first-order valence-corrected chi connectivity index (χ1v) is 8.28. The number of halogens is 1. The molecule has 21 heavy (non-hydrogen) atoms. The van der Waals surface area contributed by atoms with Crippen LogP contribution in [0.3, 0.4) is 0 Å². The number of nitrogen functional groups attached to an aromatic ring is 1. The van der Waals surface area contributed by atoms with Crippen molar-refractivity contribution in [1.82, 2.24) is 14.7 Å². The second-order valence-electron chi connectivity index (χ2n) is 4.67. The summed E-state index contributed by atoms with van der Waals surface area (Å²) in [6, 6.07) is 2.48. The van der Waals surface area contributed by atoms with Gasteiger partial charge < -0.3 is 10.7 Å². The average Bonchev–Trinajstić information content (AvgIpc) is 2.94. The van der Waals surface area contributed by atoms with E-state index in [-0.39, 0.29) is 9.92 Å². The molecule has 1 atom stereocenters. The number of nitrogens with two attached hydrogens (primary N) is 1. The topological polar surface area (TPSA) is 101 Å². The highest BCUT2D eigenvalue weighted by Gasteiger charge is 2.24.